The van der Waals surface area contributed by atoms with Gasteiger partial charge < -0.3 is 9.30 Å². The van der Waals surface area contributed by atoms with Crippen molar-refractivity contribution in [1.82, 2.24) is 29.5 Å². The minimum Gasteiger partial charge on any atom is -0.487 e. The van der Waals surface area contributed by atoms with Crippen molar-refractivity contribution in [2.45, 2.75) is 39.7 Å². The second-order valence-corrected chi connectivity index (χ2v) is 11.9. The van der Waals surface area contributed by atoms with Crippen LogP contribution in [0, 0.1) is 13.8 Å². The molecule has 0 fully saturated rings. The lowest BCUT2D eigenvalue weighted by Crippen LogP contribution is -2.29. The number of hydrogen-bond acceptors (Lipinski definition) is 7. The van der Waals surface area contributed by atoms with E-state index in [0.29, 0.717) is 39.5 Å². The summed E-state index contributed by atoms with van der Waals surface area (Å²) in [5, 5.41) is 7.79. The van der Waals surface area contributed by atoms with E-state index in [1.165, 1.54) is 18.5 Å². The molecule has 0 aliphatic carbocycles. The van der Waals surface area contributed by atoms with Crippen molar-refractivity contribution in [2.75, 3.05) is 6.26 Å². The van der Waals surface area contributed by atoms with E-state index in [9.17, 15) is 26.4 Å². The summed E-state index contributed by atoms with van der Waals surface area (Å²) in [6.07, 6.45) is 0.683. The first kappa shape index (κ1) is 29.9. The maximum atomic E-state index is 13.3. The molecule has 224 valence electrons. The van der Waals surface area contributed by atoms with Gasteiger partial charge >= 0.3 is 6.18 Å². The van der Waals surface area contributed by atoms with Gasteiger partial charge in [-0.05, 0) is 49.7 Å². The highest BCUT2D eigenvalue weighted by Gasteiger charge is 2.34. The number of ether oxygens (including phenoxy) is 1. The number of sulfonamides is 1. The summed E-state index contributed by atoms with van der Waals surface area (Å²) >= 11 is 0. The van der Waals surface area contributed by atoms with Gasteiger partial charge in [-0.15, -0.1) is 0 Å². The number of hydrogen-bond donors (Lipinski definition) is 2. The first-order valence-corrected chi connectivity index (χ1v) is 14.9. The number of halogens is 3. The molecule has 0 saturated carbocycles. The molecule has 43 heavy (non-hydrogen) atoms. The first-order valence-electron chi connectivity index (χ1n) is 13.0. The fraction of sp³-hybridized carbons (Fsp3) is 0.241. The highest BCUT2D eigenvalue weighted by molar-refractivity contribution is 7.88. The van der Waals surface area contributed by atoms with Crippen LogP contribution in [0.3, 0.4) is 0 Å². The minimum atomic E-state index is -4.77. The van der Waals surface area contributed by atoms with E-state index in [2.05, 4.69) is 19.9 Å². The predicted molar refractivity (Wildman–Crippen MR) is 154 cm³/mol. The third kappa shape index (κ3) is 6.60. The van der Waals surface area contributed by atoms with Gasteiger partial charge in [0.25, 0.3) is 5.56 Å². The number of H-pyrrole nitrogens is 1. The minimum absolute atomic E-state index is 0.0143. The molecule has 4 aromatic heterocycles. The van der Waals surface area contributed by atoms with Gasteiger partial charge in [0, 0.05) is 46.7 Å². The largest absolute Gasteiger partial charge is 0.487 e. The third-order valence-electron chi connectivity index (χ3n) is 6.84. The lowest BCUT2D eigenvalue weighted by Gasteiger charge is -2.16. The van der Waals surface area contributed by atoms with E-state index in [1.807, 2.05) is 26.0 Å². The second-order valence-electron chi connectivity index (χ2n) is 10.0. The SMILES string of the molecule is Cc1cc(-c2[nH]ncc2CNS(C)(=O)=O)c2cccc(OCc3c(C)ccnc3Cn3cccc(C(F)(F)F)c3=O)c2n1. The zero-order valence-corrected chi connectivity index (χ0v) is 24.2. The molecule has 4 heterocycles. The number of alkyl halides is 3. The maximum absolute atomic E-state index is 13.3. The van der Waals surface area contributed by atoms with Crippen molar-refractivity contribution in [3.05, 3.63) is 105 Å². The highest BCUT2D eigenvalue weighted by atomic mass is 32.2. The van der Waals surface area contributed by atoms with Gasteiger partial charge in [0.1, 0.15) is 23.4 Å². The Hall–Kier alpha value is -4.56. The number of nitrogens with one attached hydrogen (secondary N) is 2. The maximum Gasteiger partial charge on any atom is 0.421 e. The van der Waals surface area contributed by atoms with Crippen molar-refractivity contribution in [3.8, 4) is 17.0 Å². The van der Waals surface area contributed by atoms with Crippen molar-refractivity contribution >= 4 is 20.9 Å². The van der Waals surface area contributed by atoms with Crippen LogP contribution < -0.4 is 15.0 Å². The first-order chi connectivity index (χ1) is 20.3. The van der Waals surface area contributed by atoms with Gasteiger partial charge in [-0.3, -0.25) is 14.9 Å². The molecule has 2 N–H and O–H groups in total. The van der Waals surface area contributed by atoms with Gasteiger partial charge in [0.15, 0.2) is 0 Å². The third-order valence-corrected chi connectivity index (χ3v) is 7.51. The average Bonchev–Trinajstić information content (AvgIpc) is 3.40. The molecule has 10 nitrogen and oxygen atoms in total. The molecule has 5 aromatic rings. The molecule has 0 aliphatic heterocycles. The molecule has 5 rings (SSSR count). The molecule has 0 unspecified atom stereocenters. The van der Waals surface area contributed by atoms with Gasteiger partial charge in [0.05, 0.1) is 30.4 Å². The molecule has 0 radical (unpaired) electrons. The van der Waals surface area contributed by atoms with Crippen LogP contribution in [0.1, 0.15) is 33.6 Å². The summed E-state index contributed by atoms with van der Waals surface area (Å²) in [7, 11) is -3.43. The standard InChI is InChI=1S/C29H27F3N6O4S/c1-17-9-10-33-24(15-38-11-5-7-23(28(38)39)29(30,31)32)22(17)16-42-25-8-4-6-20-21(12-18(2)36-27(20)25)26-19(13-34-37-26)14-35-43(3,40)41/h4-13,35H,14-16H2,1-3H3,(H,34,37). The lowest BCUT2D eigenvalue weighted by molar-refractivity contribution is -0.138. The zero-order valence-electron chi connectivity index (χ0n) is 23.4. The van der Waals surface area contributed by atoms with Crippen LogP contribution in [0.25, 0.3) is 22.2 Å². The smallest absolute Gasteiger partial charge is 0.421 e. The van der Waals surface area contributed by atoms with Gasteiger partial charge in [-0.25, -0.2) is 18.1 Å². The molecule has 0 spiro atoms. The van der Waals surface area contributed by atoms with E-state index in [-0.39, 0.29) is 19.7 Å². The summed E-state index contributed by atoms with van der Waals surface area (Å²) in [6, 6.07) is 11.0. The Bertz CT molecular complexity index is 1990. The van der Waals surface area contributed by atoms with E-state index >= 15 is 0 Å². The number of pyridine rings is 3. The lowest BCUT2D eigenvalue weighted by atomic mass is 10.0. The summed E-state index contributed by atoms with van der Waals surface area (Å²) in [4.78, 5) is 21.6. The Kier molecular flexibility index (Phi) is 8.08. The molecule has 1 aromatic carbocycles. The second kappa shape index (κ2) is 11.6. The molecule has 0 atom stereocenters. The molecule has 0 amide bonds. The van der Waals surface area contributed by atoms with Crippen LogP contribution in [0.2, 0.25) is 0 Å². The topological polar surface area (TPSA) is 132 Å². The molecule has 0 bridgehead atoms. The van der Waals surface area contributed by atoms with Crippen LogP contribution >= 0.6 is 0 Å². The molecule has 0 aliphatic rings. The average molecular weight is 613 g/mol. The Balaban J connectivity index is 1.48. The van der Waals surface area contributed by atoms with Crippen LogP contribution in [-0.2, 0) is 35.9 Å². The van der Waals surface area contributed by atoms with E-state index in [1.54, 1.807) is 24.4 Å². The Morgan fingerprint density at radius 1 is 1.12 bits per heavy atom. The Morgan fingerprint density at radius 2 is 1.91 bits per heavy atom. The van der Waals surface area contributed by atoms with Gasteiger partial charge in [-0.2, -0.15) is 18.3 Å². The molecular weight excluding hydrogens is 585 g/mol. The Labute approximate surface area is 244 Å². The molecular formula is C29H27F3N6O4S. The Morgan fingerprint density at radius 3 is 2.65 bits per heavy atom. The molecule has 0 saturated heterocycles. The van der Waals surface area contributed by atoms with E-state index in [4.69, 9.17) is 9.72 Å². The number of para-hydroxylation sites is 1. The van der Waals surface area contributed by atoms with Crippen LogP contribution in [-0.4, -0.2) is 39.4 Å². The summed E-state index contributed by atoms with van der Waals surface area (Å²) in [5.41, 5.74) is 2.64. The predicted octanol–water partition coefficient (Wildman–Crippen LogP) is 4.49. The highest BCUT2D eigenvalue weighted by Crippen LogP contribution is 2.34. The number of fused-ring (bicyclic) bond motifs is 1. The fourth-order valence-corrected chi connectivity index (χ4v) is 5.15. The number of nitrogens with zero attached hydrogens (tertiary/aromatic N) is 4. The summed E-state index contributed by atoms with van der Waals surface area (Å²) in [5.74, 6) is 0.447. The van der Waals surface area contributed by atoms with Gasteiger partial charge in [-0.1, -0.05) is 12.1 Å². The number of rotatable bonds is 9. The quantitative estimate of drug-likeness (QED) is 0.251. The van der Waals surface area contributed by atoms with Crippen LogP contribution in [0.4, 0.5) is 13.2 Å². The number of aryl methyl sites for hydroxylation is 2. The monoisotopic (exact) mass is 612 g/mol. The van der Waals surface area contributed by atoms with Crippen LogP contribution in [0.15, 0.2) is 65.8 Å². The summed E-state index contributed by atoms with van der Waals surface area (Å²) < 4.78 is 73.0. The number of benzene rings is 1. The normalized spacial score (nSPS) is 12.1. The number of aromatic nitrogens is 5. The van der Waals surface area contributed by atoms with Crippen LogP contribution in [0.5, 0.6) is 5.75 Å². The summed E-state index contributed by atoms with van der Waals surface area (Å²) in [6.45, 7) is 3.53. The molecule has 14 heteroatoms. The van der Waals surface area contributed by atoms with Gasteiger partial charge in [0.2, 0.25) is 10.0 Å². The van der Waals surface area contributed by atoms with E-state index in [0.717, 1.165) is 33.4 Å². The van der Waals surface area contributed by atoms with E-state index < -0.39 is 27.3 Å². The fourth-order valence-electron chi connectivity index (χ4n) is 4.73. The zero-order chi connectivity index (χ0) is 30.9. The van der Waals surface area contributed by atoms with Crippen molar-refractivity contribution in [2.24, 2.45) is 0 Å². The van der Waals surface area contributed by atoms with Crippen molar-refractivity contribution in [3.63, 3.8) is 0 Å². The number of aromatic amines is 1. The van der Waals surface area contributed by atoms with Crippen molar-refractivity contribution < 1.29 is 26.3 Å². The van der Waals surface area contributed by atoms with Crippen molar-refractivity contribution in [1.29, 1.82) is 0 Å².